The normalized spacial score (nSPS) is 0.500. The van der Waals surface area contributed by atoms with Gasteiger partial charge in [0.25, 0.3) is 0 Å². The zero-order chi connectivity index (χ0) is 2.00. The Morgan fingerprint density at radius 2 is 0.833 bits per heavy atom. The third-order valence-corrected chi connectivity index (χ3v) is 0. The second-order valence-corrected chi connectivity index (χ2v) is 0. The molecule has 0 aliphatic carbocycles. The van der Waals surface area contributed by atoms with Crippen LogP contribution in [0, 0.1) is 0 Å². The van der Waals surface area contributed by atoms with Crippen LogP contribution in [0.4, 0.5) is 0 Å². The van der Waals surface area contributed by atoms with Gasteiger partial charge in [-0.2, -0.15) is 0 Å². The first-order valence-corrected chi connectivity index (χ1v) is 2.96. The molecule has 0 aromatic carbocycles. The summed E-state index contributed by atoms with van der Waals surface area (Å²) in [5.74, 6) is 0. The van der Waals surface area contributed by atoms with Crippen molar-refractivity contribution in [2.45, 2.75) is 0 Å². The third-order valence-electron chi connectivity index (χ3n) is 0. The molecule has 0 atom stereocenters. The van der Waals surface area contributed by atoms with Crippen molar-refractivity contribution in [2.24, 2.45) is 0 Å². The molecule has 0 fully saturated rings. The van der Waals surface area contributed by atoms with Gasteiger partial charge in [-0.25, -0.2) is 0 Å². The van der Waals surface area contributed by atoms with Gasteiger partial charge >= 0.3 is 79.2 Å². The van der Waals surface area contributed by atoms with Crippen molar-refractivity contribution < 1.29 is 83.5 Å². The molecule has 0 aromatic rings. The molecule has 0 heterocycles. The van der Waals surface area contributed by atoms with Crippen LogP contribution in [0.2, 0.25) is 0 Å². The van der Waals surface area contributed by atoms with Gasteiger partial charge in [-0.3, -0.25) is 0 Å². The van der Waals surface area contributed by atoms with Gasteiger partial charge in [0, 0.05) is 0 Å². The average molecular weight is 224 g/mol. The van der Waals surface area contributed by atoms with Crippen LogP contribution in [-0.4, -0.2) is 0 Å². The van der Waals surface area contributed by atoms with E-state index in [1.807, 2.05) is 0 Å². The van der Waals surface area contributed by atoms with E-state index in [4.69, 9.17) is 0 Å². The van der Waals surface area contributed by atoms with Crippen molar-refractivity contribution in [1.29, 1.82) is 0 Å². The summed E-state index contributed by atoms with van der Waals surface area (Å²) < 4.78 is 0. The van der Waals surface area contributed by atoms with E-state index in [9.17, 15) is 0 Å². The molecule has 34 valence electrons. The second kappa shape index (κ2) is 54.0. The van der Waals surface area contributed by atoms with Crippen LogP contribution in [-0.2, 0) is 18.0 Å². The van der Waals surface area contributed by atoms with E-state index < -0.39 is 0 Å². The van der Waals surface area contributed by atoms with Gasteiger partial charge in [-0.05, 0) is 0 Å². The maximum absolute atomic E-state index is 4.09. The molecule has 0 aromatic heterocycles. The Kier molecular flexibility index (Phi) is 363. The fourth-order valence-electron chi connectivity index (χ4n) is 0. The Bertz CT molecular complexity index is 10.8. The molecular formula is F3KMoS. The molecule has 0 unspecified atom stereocenters. The van der Waals surface area contributed by atoms with Gasteiger partial charge < -0.3 is 14.1 Å². The van der Waals surface area contributed by atoms with Crippen molar-refractivity contribution >= 4 is 9.82 Å². The quantitative estimate of drug-likeness (QED) is 0.368. The van der Waals surface area contributed by atoms with Crippen LogP contribution < -0.4 is 65.5 Å². The van der Waals surface area contributed by atoms with E-state index in [0.717, 1.165) is 0 Å². The summed E-state index contributed by atoms with van der Waals surface area (Å²) in [7, 11) is 4.09. The second-order valence-electron chi connectivity index (χ2n) is 0. The monoisotopic (exact) mass is 226 g/mol. The number of rotatable bonds is 0. The average Bonchev–Trinajstić information content (AvgIpc) is 1.00. The zero-order valence-electron chi connectivity index (χ0n) is 2.95. The Morgan fingerprint density at radius 3 is 0.833 bits per heavy atom. The Labute approximate surface area is 91.3 Å². The molecule has 0 saturated heterocycles. The van der Waals surface area contributed by atoms with Gasteiger partial charge in [0.15, 0.2) is 0 Å². The fourth-order valence-corrected chi connectivity index (χ4v) is 0. The molecule has 0 amide bonds. The van der Waals surface area contributed by atoms with Crippen LogP contribution in [0.3, 0.4) is 0 Å². The van der Waals surface area contributed by atoms with E-state index in [0.29, 0.717) is 0 Å². The number of hydrogen-bond donors (Lipinski definition) is 0. The standard InChI is InChI=1S/3FH.K.Mo.S/h3*1H;;;/q;;;+1;+2;/p-3. The summed E-state index contributed by atoms with van der Waals surface area (Å²) in [6.45, 7) is 0. The van der Waals surface area contributed by atoms with E-state index in [1.54, 1.807) is 0 Å². The predicted octanol–water partition coefficient (Wildman–Crippen LogP) is -11.3. The number of hydrogen-bond acceptors (Lipinski definition) is 1. The summed E-state index contributed by atoms with van der Waals surface area (Å²) in [5.41, 5.74) is 0. The van der Waals surface area contributed by atoms with E-state index in [1.165, 1.54) is 18.0 Å². The van der Waals surface area contributed by atoms with Crippen LogP contribution in [0.25, 0.3) is 0 Å². The molecule has 0 bridgehead atoms. The first kappa shape index (κ1) is 40.3. The van der Waals surface area contributed by atoms with Crippen LogP contribution in [0.1, 0.15) is 0 Å². The molecule has 0 saturated carbocycles. The van der Waals surface area contributed by atoms with Gasteiger partial charge in [0.05, 0.1) is 0 Å². The molecule has 0 spiro atoms. The van der Waals surface area contributed by atoms with Gasteiger partial charge in [0.1, 0.15) is 0 Å². The Morgan fingerprint density at radius 1 is 0.833 bits per heavy atom. The molecule has 0 rings (SSSR count). The van der Waals surface area contributed by atoms with Gasteiger partial charge in [0.2, 0.25) is 0 Å². The first-order chi connectivity index (χ1) is 1.00. The Hall–Kier alpha value is 2.33. The molecule has 0 aliphatic rings. The summed E-state index contributed by atoms with van der Waals surface area (Å²) in [4.78, 5) is 0. The minimum absolute atomic E-state index is 0. The van der Waals surface area contributed by atoms with Crippen molar-refractivity contribution in [3.8, 4) is 0 Å². The zero-order valence-corrected chi connectivity index (χ0v) is 8.90. The molecule has 0 aliphatic heterocycles. The molecule has 0 N–H and O–H groups in total. The summed E-state index contributed by atoms with van der Waals surface area (Å²) in [6, 6.07) is 0. The Balaban J connectivity index is -0.000000000833. The van der Waals surface area contributed by atoms with Crippen molar-refractivity contribution in [3.63, 3.8) is 0 Å². The molecule has 6 heavy (non-hydrogen) atoms. The van der Waals surface area contributed by atoms with Crippen molar-refractivity contribution in [3.05, 3.63) is 0 Å². The molecular weight excluding hydrogens is 224 g/mol. The summed E-state index contributed by atoms with van der Waals surface area (Å²) >= 11 is 1.53. The summed E-state index contributed by atoms with van der Waals surface area (Å²) in [5, 5.41) is 0. The third kappa shape index (κ3) is 33.1. The van der Waals surface area contributed by atoms with E-state index in [-0.39, 0.29) is 65.5 Å². The SMILES string of the molecule is [F-].[F-].[F-].[K+].[S]=[Mo+2]. The topological polar surface area (TPSA) is 0 Å². The fraction of sp³-hybridized carbons (Fsp3) is 0. The van der Waals surface area contributed by atoms with E-state index >= 15 is 0 Å². The molecule has 0 radical (unpaired) electrons. The van der Waals surface area contributed by atoms with Crippen molar-refractivity contribution in [2.75, 3.05) is 0 Å². The molecule has 6 heteroatoms. The van der Waals surface area contributed by atoms with Crippen LogP contribution in [0.15, 0.2) is 0 Å². The summed E-state index contributed by atoms with van der Waals surface area (Å²) in [6.07, 6.45) is 0. The van der Waals surface area contributed by atoms with Crippen LogP contribution >= 0.6 is 9.82 Å². The minimum atomic E-state index is 0. The maximum atomic E-state index is 4.09. The van der Waals surface area contributed by atoms with E-state index in [2.05, 4.69) is 9.82 Å². The first-order valence-electron chi connectivity index (χ1n) is 0.167. The molecule has 0 nitrogen and oxygen atoms in total. The van der Waals surface area contributed by atoms with Crippen molar-refractivity contribution in [1.82, 2.24) is 0 Å². The van der Waals surface area contributed by atoms with Crippen LogP contribution in [0.5, 0.6) is 0 Å². The predicted molar refractivity (Wildman–Crippen MR) is 7.59 cm³/mol. The number of halogens is 3. The van der Waals surface area contributed by atoms with Gasteiger partial charge in [-0.1, -0.05) is 0 Å². The van der Waals surface area contributed by atoms with Gasteiger partial charge in [-0.15, -0.1) is 0 Å².